The number of carbonyl (C=O) groups excluding carboxylic acids is 2. The molecular formula is C18H19N5O4S. The van der Waals surface area contributed by atoms with Crippen molar-refractivity contribution in [3.63, 3.8) is 0 Å². The topological polar surface area (TPSA) is 111 Å². The summed E-state index contributed by atoms with van der Waals surface area (Å²) in [5.74, 6) is 0.220. The van der Waals surface area contributed by atoms with Gasteiger partial charge in [-0.1, -0.05) is 20.8 Å². The third kappa shape index (κ3) is 3.31. The van der Waals surface area contributed by atoms with Crippen molar-refractivity contribution in [1.29, 1.82) is 0 Å². The number of nitro benzene ring substituents is 1. The van der Waals surface area contributed by atoms with Gasteiger partial charge in [-0.3, -0.25) is 19.7 Å². The van der Waals surface area contributed by atoms with Gasteiger partial charge >= 0.3 is 0 Å². The van der Waals surface area contributed by atoms with E-state index in [9.17, 15) is 19.7 Å². The van der Waals surface area contributed by atoms with Crippen molar-refractivity contribution in [2.75, 3.05) is 5.01 Å². The molecule has 1 aliphatic rings. The first-order valence-corrected chi connectivity index (χ1v) is 9.72. The maximum atomic E-state index is 12.9. The highest BCUT2D eigenvalue weighted by Crippen LogP contribution is 2.40. The van der Waals surface area contributed by atoms with Crippen molar-refractivity contribution in [3.8, 4) is 0 Å². The van der Waals surface area contributed by atoms with Gasteiger partial charge in [-0.2, -0.15) is 0 Å². The molecule has 1 aliphatic heterocycles. The van der Waals surface area contributed by atoms with Crippen molar-refractivity contribution in [1.82, 2.24) is 14.9 Å². The predicted octanol–water partition coefficient (Wildman–Crippen LogP) is 3.08. The molecular weight excluding hydrogens is 382 g/mol. The molecule has 1 aromatic heterocycles. The summed E-state index contributed by atoms with van der Waals surface area (Å²) in [4.78, 5) is 36.5. The number of nitro groups is 1. The van der Waals surface area contributed by atoms with Crippen LogP contribution >= 0.6 is 11.8 Å². The zero-order chi connectivity index (χ0) is 20.4. The predicted molar refractivity (Wildman–Crippen MR) is 104 cm³/mol. The molecule has 0 N–H and O–H groups in total. The van der Waals surface area contributed by atoms with Crippen LogP contribution in [0.2, 0.25) is 0 Å². The van der Waals surface area contributed by atoms with E-state index in [1.807, 2.05) is 6.92 Å². The molecule has 0 radical (unpaired) electrons. The lowest BCUT2D eigenvalue weighted by molar-refractivity contribution is -0.384. The fraction of sp³-hybridized carbons (Fsp3) is 0.333. The molecule has 0 fully saturated rings. The number of hydrogen-bond acceptors (Lipinski definition) is 7. The van der Waals surface area contributed by atoms with Crippen LogP contribution in [0, 0.1) is 10.1 Å². The summed E-state index contributed by atoms with van der Waals surface area (Å²) in [5, 5.41) is 21.1. The van der Waals surface area contributed by atoms with Gasteiger partial charge in [0, 0.05) is 37.0 Å². The van der Waals surface area contributed by atoms with Gasteiger partial charge in [-0.25, -0.2) is 9.69 Å². The summed E-state index contributed by atoms with van der Waals surface area (Å²) >= 11 is 1.16. The SMILES string of the molecule is CCC(=O)C1=C(c2ccc([N+](=O)[O-])cc2)N(C(=O)CC)n2c(CC)nnc2S1. The number of nitrogens with zero attached hydrogens (tertiary/aromatic N) is 5. The first-order valence-electron chi connectivity index (χ1n) is 8.90. The molecule has 0 bridgehead atoms. The largest absolute Gasteiger partial charge is 0.294 e. The number of Topliss-reactive ketones (excluding diaryl/α,β-unsaturated/α-hetero) is 1. The lowest BCUT2D eigenvalue weighted by atomic mass is 10.1. The number of benzene rings is 1. The standard InChI is InChI=1S/C18H19N5O4S/c1-4-13(24)17-16(11-7-9-12(10-8-11)23(26)27)22(15(25)6-3)21-14(5-2)19-20-18(21)28-17/h7-10H,4-6H2,1-3H3. The van der Waals surface area contributed by atoms with Gasteiger partial charge in [-0.15, -0.1) is 10.2 Å². The molecule has 1 amide bonds. The Hall–Kier alpha value is -3.01. The first-order chi connectivity index (χ1) is 13.4. The number of carbonyl (C=O) groups is 2. The molecule has 10 heteroatoms. The Kier molecular flexibility index (Phi) is 5.59. The van der Waals surface area contributed by atoms with E-state index in [1.165, 1.54) is 17.1 Å². The van der Waals surface area contributed by atoms with E-state index in [-0.39, 0.29) is 30.2 Å². The van der Waals surface area contributed by atoms with E-state index < -0.39 is 4.92 Å². The molecule has 0 aliphatic carbocycles. The normalized spacial score (nSPS) is 13.5. The van der Waals surface area contributed by atoms with Gasteiger partial charge < -0.3 is 0 Å². The van der Waals surface area contributed by atoms with Gasteiger partial charge in [0.15, 0.2) is 11.6 Å². The molecule has 2 aromatic rings. The maximum Gasteiger partial charge on any atom is 0.269 e. The first kappa shape index (κ1) is 19.7. The Balaban J connectivity index is 2.26. The number of rotatable bonds is 6. The fourth-order valence-corrected chi connectivity index (χ4v) is 3.94. The number of fused-ring (bicyclic) bond motifs is 1. The number of hydrogen-bond donors (Lipinski definition) is 0. The molecule has 0 saturated heterocycles. The minimum atomic E-state index is -0.492. The highest BCUT2D eigenvalue weighted by molar-refractivity contribution is 8.04. The van der Waals surface area contributed by atoms with Crippen molar-refractivity contribution >= 4 is 34.8 Å². The van der Waals surface area contributed by atoms with Gasteiger partial charge in [0.1, 0.15) is 0 Å². The Bertz CT molecular complexity index is 980. The lowest BCUT2D eigenvalue weighted by Crippen LogP contribution is -2.42. The summed E-state index contributed by atoms with van der Waals surface area (Å²) in [7, 11) is 0. The molecule has 0 spiro atoms. The van der Waals surface area contributed by atoms with Crippen molar-refractivity contribution < 1.29 is 14.5 Å². The molecule has 0 atom stereocenters. The number of amides is 1. The number of aromatic nitrogens is 3. The third-order valence-electron chi connectivity index (χ3n) is 4.28. The number of thioether (sulfide) groups is 1. The van der Waals surface area contributed by atoms with E-state index in [0.717, 1.165) is 11.8 Å². The Labute approximate surface area is 165 Å². The number of allylic oxidation sites excluding steroid dienone is 1. The lowest BCUT2D eigenvalue weighted by Gasteiger charge is -2.33. The molecule has 28 heavy (non-hydrogen) atoms. The number of ketones is 1. The highest BCUT2D eigenvalue weighted by Gasteiger charge is 2.35. The summed E-state index contributed by atoms with van der Waals surface area (Å²) in [6, 6.07) is 5.82. The van der Waals surface area contributed by atoms with Crippen LogP contribution in [0.25, 0.3) is 5.70 Å². The minimum absolute atomic E-state index is 0.0659. The second-order valence-corrected chi connectivity index (χ2v) is 6.96. The molecule has 9 nitrogen and oxygen atoms in total. The Morgan fingerprint density at radius 1 is 1.11 bits per heavy atom. The minimum Gasteiger partial charge on any atom is -0.294 e. The highest BCUT2D eigenvalue weighted by atomic mass is 32.2. The molecule has 0 saturated carbocycles. The molecule has 2 heterocycles. The van der Waals surface area contributed by atoms with E-state index >= 15 is 0 Å². The summed E-state index contributed by atoms with van der Waals surface area (Å²) in [5.41, 5.74) is 0.877. The maximum absolute atomic E-state index is 12.9. The van der Waals surface area contributed by atoms with Crippen molar-refractivity contribution in [3.05, 3.63) is 50.7 Å². The van der Waals surface area contributed by atoms with Crippen LogP contribution in [-0.2, 0) is 16.0 Å². The van der Waals surface area contributed by atoms with Crippen LogP contribution in [0.4, 0.5) is 5.69 Å². The zero-order valence-electron chi connectivity index (χ0n) is 15.7. The fourth-order valence-electron chi connectivity index (χ4n) is 2.85. The van der Waals surface area contributed by atoms with Gasteiger partial charge in [-0.05, 0) is 23.9 Å². The zero-order valence-corrected chi connectivity index (χ0v) is 16.5. The van der Waals surface area contributed by atoms with Crippen LogP contribution < -0.4 is 5.01 Å². The molecule has 146 valence electrons. The van der Waals surface area contributed by atoms with Gasteiger partial charge in [0.2, 0.25) is 11.1 Å². The monoisotopic (exact) mass is 401 g/mol. The molecule has 3 rings (SSSR count). The third-order valence-corrected chi connectivity index (χ3v) is 5.34. The van der Waals surface area contributed by atoms with Gasteiger partial charge in [0.05, 0.1) is 15.5 Å². The molecule has 0 unspecified atom stereocenters. The van der Waals surface area contributed by atoms with Crippen LogP contribution in [-0.4, -0.2) is 31.5 Å². The summed E-state index contributed by atoms with van der Waals surface area (Å²) < 4.78 is 1.62. The van der Waals surface area contributed by atoms with E-state index in [4.69, 9.17) is 0 Å². The van der Waals surface area contributed by atoms with E-state index in [0.29, 0.717) is 33.6 Å². The van der Waals surface area contributed by atoms with Crippen LogP contribution in [0.3, 0.4) is 0 Å². The summed E-state index contributed by atoms with van der Waals surface area (Å²) in [6.45, 7) is 5.37. The average molecular weight is 401 g/mol. The Morgan fingerprint density at radius 3 is 2.32 bits per heavy atom. The molecule has 1 aromatic carbocycles. The van der Waals surface area contributed by atoms with Crippen molar-refractivity contribution in [2.24, 2.45) is 0 Å². The summed E-state index contributed by atoms with van der Waals surface area (Å²) in [6.07, 6.45) is 1.00. The van der Waals surface area contributed by atoms with Crippen LogP contribution in [0.1, 0.15) is 45.0 Å². The number of non-ortho nitro benzene ring substituents is 1. The second kappa shape index (κ2) is 7.93. The smallest absolute Gasteiger partial charge is 0.269 e. The van der Waals surface area contributed by atoms with E-state index in [1.54, 1.807) is 30.7 Å². The quantitative estimate of drug-likeness (QED) is 0.540. The Morgan fingerprint density at radius 2 is 1.79 bits per heavy atom. The van der Waals surface area contributed by atoms with Crippen LogP contribution in [0.15, 0.2) is 34.3 Å². The van der Waals surface area contributed by atoms with E-state index in [2.05, 4.69) is 10.2 Å². The number of aryl methyl sites for hydroxylation is 1. The van der Waals surface area contributed by atoms with Crippen LogP contribution in [0.5, 0.6) is 0 Å². The second-order valence-electron chi connectivity index (χ2n) is 5.98. The average Bonchev–Trinajstić information content (AvgIpc) is 3.14. The van der Waals surface area contributed by atoms with Crippen molar-refractivity contribution in [2.45, 2.75) is 45.2 Å². The van der Waals surface area contributed by atoms with Gasteiger partial charge in [0.25, 0.3) is 5.69 Å².